The van der Waals surface area contributed by atoms with E-state index >= 15 is 0 Å². The Bertz CT molecular complexity index is 665. The fourth-order valence-corrected chi connectivity index (χ4v) is 1.97. The molecule has 0 fully saturated rings. The zero-order valence-electron chi connectivity index (χ0n) is 12.5. The first-order chi connectivity index (χ1) is 10.6. The van der Waals surface area contributed by atoms with Crippen molar-refractivity contribution < 1.29 is 19.1 Å². The molecule has 0 aliphatic carbocycles. The summed E-state index contributed by atoms with van der Waals surface area (Å²) in [6.07, 6.45) is 0. The average Bonchev–Trinajstić information content (AvgIpc) is 2.53. The predicted molar refractivity (Wildman–Crippen MR) is 81.9 cm³/mol. The number of amides is 1. The molecular formula is C17H17NO4. The van der Waals surface area contributed by atoms with Gasteiger partial charge in [0.1, 0.15) is 11.5 Å². The molecule has 2 aromatic rings. The molecule has 5 nitrogen and oxygen atoms in total. The number of esters is 1. The molecular weight excluding hydrogens is 282 g/mol. The minimum absolute atomic E-state index is 0.208. The fourth-order valence-electron chi connectivity index (χ4n) is 1.97. The van der Waals surface area contributed by atoms with Crippen molar-refractivity contribution >= 4 is 11.9 Å². The van der Waals surface area contributed by atoms with E-state index in [1.165, 1.54) is 6.92 Å². The van der Waals surface area contributed by atoms with Crippen LogP contribution < -0.4 is 14.8 Å². The van der Waals surface area contributed by atoms with Crippen molar-refractivity contribution in [3.63, 3.8) is 0 Å². The molecule has 1 N–H and O–H groups in total. The zero-order valence-corrected chi connectivity index (χ0v) is 12.5. The second kappa shape index (κ2) is 7.26. The van der Waals surface area contributed by atoms with Crippen LogP contribution in [0.2, 0.25) is 0 Å². The van der Waals surface area contributed by atoms with Crippen LogP contribution in [-0.2, 0) is 11.3 Å². The Morgan fingerprint density at radius 1 is 1.05 bits per heavy atom. The standard InChI is InChI=1S/C17H17NO4/c1-12(19)22-15-9-7-13(8-10-15)17(20)18-11-14-5-3-4-6-16(14)21-2/h3-10H,11H2,1-2H3,(H,18,20). The van der Waals surface area contributed by atoms with Crippen LogP contribution in [0.5, 0.6) is 11.5 Å². The van der Waals surface area contributed by atoms with Crippen LogP contribution in [0.3, 0.4) is 0 Å². The summed E-state index contributed by atoms with van der Waals surface area (Å²) in [5.74, 6) is 0.537. The summed E-state index contributed by atoms with van der Waals surface area (Å²) in [7, 11) is 1.59. The van der Waals surface area contributed by atoms with E-state index < -0.39 is 5.97 Å². The van der Waals surface area contributed by atoms with Crippen LogP contribution in [0.1, 0.15) is 22.8 Å². The summed E-state index contributed by atoms with van der Waals surface area (Å²) in [6.45, 7) is 1.70. The van der Waals surface area contributed by atoms with Crippen molar-refractivity contribution in [2.24, 2.45) is 0 Å². The van der Waals surface area contributed by atoms with Gasteiger partial charge in [0, 0.05) is 24.6 Å². The second-order valence-corrected chi connectivity index (χ2v) is 4.61. The Hall–Kier alpha value is -2.82. The lowest BCUT2D eigenvalue weighted by Crippen LogP contribution is -2.23. The summed E-state index contributed by atoms with van der Waals surface area (Å²) >= 11 is 0. The Kier molecular flexibility index (Phi) is 5.14. The van der Waals surface area contributed by atoms with Gasteiger partial charge in [0.2, 0.25) is 0 Å². The highest BCUT2D eigenvalue weighted by Gasteiger charge is 2.08. The number of para-hydroxylation sites is 1. The molecule has 2 rings (SSSR count). The molecule has 0 saturated heterocycles. The van der Waals surface area contributed by atoms with E-state index in [1.807, 2.05) is 24.3 Å². The summed E-state index contributed by atoms with van der Waals surface area (Å²) in [5.41, 5.74) is 1.39. The number of hydrogen-bond acceptors (Lipinski definition) is 4. The topological polar surface area (TPSA) is 64.6 Å². The number of ether oxygens (including phenoxy) is 2. The molecule has 0 aromatic heterocycles. The molecule has 0 heterocycles. The summed E-state index contributed by atoms with van der Waals surface area (Å²) in [4.78, 5) is 22.9. The van der Waals surface area contributed by atoms with Crippen molar-refractivity contribution in [2.75, 3.05) is 7.11 Å². The first kappa shape index (κ1) is 15.6. The lowest BCUT2D eigenvalue weighted by atomic mass is 10.1. The van der Waals surface area contributed by atoms with Gasteiger partial charge in [-0.05, 0) is 30.3 Å². The molecule has 0 unspecified atom stereocenters. The average molecular weight is 299 g/mol. The van der Waals surface area contributed by atoms with Crippen molar-refractivity contribution in [2.45, 2.75) is 13.5 Å². The summed E-state index contributed by atoms with van der Waals surface area (Å²) in [5, 5.41) is 2.82. The SMILES string of the molecule is COc1ccccc1CNC(=O)c1ccc(OC(C)=O)cc1. The van der Waals surface area contributed by atoms with E-state index in [-0.39, 0.29) is 5.91 Å². The van der Waals surface area contributed by atoms with Crippen molar-refractivity contribution in [3.05, 3.63) is 59.7 Å². The van der Waals surface area contributed by atoms with Gasteiger partial charge in [-0.1, -0.05) is 18.2 Å². The van der Waals surface area contributed by atoms with Crippen LogP contribution in [0, 0.1) is 0 Å². The smallest absolute Gasteiger partial charge is 0.308 e. The minimum Gasteiger partial charge on any atom is -0.496 e. The number of nitrogens with one attached hydrogen (secondary N) is 1. The normalized spacial score (nSPS) is 9.91. The van der Waals surface area contributed by atoms with Crippen LogP contribution in [0.15, 0.2) is 48.5 Å². The largest absolute Gasteiger partial charge is 0.496 e. The number of benzene rings is 2. The van der Waals surface area contributed by atoms with E-state index in [2.05, 4.69) is 5.32 Å². The Morgan fingerprint density at radius 3 is 2.36 bits per heavy atom. The summed E-state index contributed by atoms with van der Waals surface area (Å²) in [6, 6.07) is 13.9. The second-order valence-electron chi connectivity index (χ2n) is 4.61. The molecule has 0 saturated carbocycles. The number of carbonyl (C=O) groups excluding carboxylic acids is 2. The molecule has 0 radical (unpaired) electrons. The third-order valence-electron chi connectivity index (χ3n) is 3.01. The molecule has 0 atom stereocenters. The maximum absolute atomic E-state index is 12.1. The van der Waals surface area contributed by atoms with Gasteiger partial charge < -0.3 is 14.8 Å². The number of rotatable bonds is 5. The van der Waals surface area contributed by atoms with Crippen LogP contribution in [0.25, 0.3) is 0 Å². The predicted octanol–water partition coefficient (Wildman–Crippen LogP) is 2.55. The molecule has 5 heteroatoms. The van der Waals surface area contributed by atoms with Gasteiger partial charge in [0.25, 0.3) is 5.91 Å². The Morgan fingerprint density at radius 2 is 1.73 bits per heavy atom. The molecule has 0 spiro atoms. The lowest BCUT2D eigenvalue weighted by Gasteiger charge is -2.09. The Labute approximate surface area is 128 Å². The number of carbonyl (C=O) groups is 2. The molecule has 2 aromatic carbocycles. The third-order valence-corrected chi connectivity index (χ3v) is 3.01. The zero-order chi connectivity index (χ0) is 15.9. The third kappa shape index (κ3) is 4.09. The molecule has 0 aliphatic rings. The van der Waals surface area contributed by atoms with Gasteiger partial charge in [-0.25, -0.2) is 0 Å². The van der Waals surface area contributed by atoms with E-state index in [0.717, 1.165) is 11.3 Å². The van der Waals surface area contributed by atoms with E-state index in [9.17, 15) is 9.59 Å². The van der Waals surface area contributed by atoms with Crippen LogP contribution in [-0.4, -0.2) is 19.0 Å². The first-order valence-corrected chi connectivity index (χ1v) is 6.78. The molecule has 114 valence electrons. The minimum atomic E-state index is -0.395. The fraction of sp³-hybridized carbons (Fsp3) is 0.176. The number of methoxy groups -OCH3 is 1. The van der Waals surface area contributed by atoms with Gasteiger partial charge >= 0.3 is 5.97 Å². The first-order valence-electron chi connectivity index (χ1n) is 6.78. The highest BCUT2D eigenvalue weighted by molar-refractivity contribution is 5.94. The highest BCUT2D eigenvalue weighted by Crippen LogP contribution is 2.17. The molecule has 22 heavy (non-hydrogen) atoms. The lowest BCUT2D eigenvalue weighted by molar-refractivity contribution is -0.131. The molecule has 0 aliphatic heterocycles. The van der Waals surface area contributed by atoms with E-state index in [4.69, 9.17) is 9.47 Å². The van der Waals surface area contributed by atoms with Gasteiger partial charge in [-0.15, -0.1) is 0 Å². The maximum Gasteiger partial charge on any atom is 0.308 e. The van der Waals surface area contributed by atoms with Crippen LogP contribution in [0.4, 0.5) is 0 Å². The number of hydrogen-bond donors (Lipinski definition) is 1. The van der Waals surface area contributed by atoms with Crippen molar-refractivity contribution in [1.82, 2.24) is 5.32 Å². The van der Waals surface area contributed by atoms with Gasteiger partial charge in [0.15, 0.2) is 0 Å². The van der Waals surface area contributed by atoms with E-state index in [1.54, 1.807) is 31.4 Å². The monoisotopic (exact) mass is 299 g/mol. The van der Waals surface area contributed by atoms with Crippen molar-refractivity contribution in [1.29, 1.82) is 0 Å². The molecule has 1 amide bonds. The molecule has 0 bridgehead atoms. The van der Waals surface area contributed by atoms with Crippen LogP contribution >= 0.6 is 0 Å². The maximum atomic E-state index is 12.1. The van der Waals surface area contributed by atoms with Gasteiger partial charge in [-0.3, -0.25) is 9.59 Å². The summed E-state index contributed by atoms with van der Waals surface area (Å²) < 4.78 is 10.2. The van der Waals surface area contributed by atoms with Crippen molar-refractivity contribution in [3.8, 4) is 11.5 Å². The Balaban J connectivity index is 1.98. The highest BCUT2D eigenvalue weighted by atomic mass is 16.5. The quantitative estimate of drug-likeness (QED) is 0.680. The van der Waals surface area contributed by atoms with Gasteiger partial charge in [0.05, 0.1) is 7.11 Å². The van der Waals surface area contributed by atoms with Gasteiger partial charge in [-0.2, -0.15) is 0 Å². The van der Waals surface area contributed by atoms with E-state index in [0.29, 0.717) is 17.9 Å².